The Hall–Kier alpha value is -1.85. The van der Waals surface area contributed by atoms with E-state index in [1.807, 2.05) is 31.2 Å². The largest absolute Gasteiger partial charge is 0.478 e. The van der Waals surface area contributed by atoms with E-state index in [2.05, 4.69) is 5.10 Å². The van der Waals surface area contributed by atoms with Gasteiger partial charge in [0, 0.05) is 7.11 Å². The minimum Gasteiger partial charge on any atom is -0.478 e. The van der Waals surface area contributed by atoms with Gasteiger partial charge in [-0.1, -0.05) is 41.4 Å². The van der Waals surface area contributed by atoms with Gasteiger partial charge in [-0.25, -0.2) is 9.48 Å². The first-order valence-electron chi connectivity index (χ1n) is 6.06. The van der Waals surface area contributed by atoms with Crippen LogP contribution < -0.4 is 0 Å². The molecule has 1 N–H and O–H groups in total. The second-order valence-electron chi connectivity index (χ2n) is 4.50. The zero-order valence-corrected chi connectivity index (χ0v) is 12.0. The monoisotopic (exact) mass is 294 g/mol. The molecule has 1 aromatic carbocycles. The van der Waals surface area contributed by atoms with Crippen molar-refractivity contribution in [3.05, 3.63) is 51.8 Å². The number of nitrogens with zero attached hydrogens (tertiary/aromatic N) is 2. The highest BCUT2D eigenvalue weighted by Crippen LogP contribution is 2.22. The maximum Gasteiger partial charge on any atom is 0.340 e. The third-order valence-electron chi connectivity index (χ3n) is 2.87. The molecule has 5 nitrogen and oxygen atoms in total. The number of aromatic carboxylic acids is 1. The van der Waals surface area contributed by atoms with Gasteiger partial charge in [-0.15, -0.1) is 0 Å². The molecule has 0 aliphatic rings. The van der Waals surface area contributed by atoms with Crippen LogP contribution in [0.25, 0.3) is 0 Å². The molecule has 0 unspecified atom stereocenters. The molecule has 106 valence electrons. The first kappa shape index (κ1) is 14.6. The quantitative estimate of drug-likeness (QED) is 0.921. The van der Waals surface area contributed by atoms with Gasteiger partial charge >= 0.3 is 5.97 Å². The predicted molar refractivity (Wildman–Crippen MR) is 75.2 cm³/mol. The number of carboxylic acids is 1. The molecule has 1 heterocycles. The van der Waals surface area contributed by atoms with Crippen LogP contribution >= 0.6 is 11.6 Å². The summed E-state index contributed by atoms with van der Waals surface area (Å²) in [4.78, 5) is 11.2. The van der Waals surface area contributed by atoms with Gasteiger partial charge in [0.1, 0.15) is 16.4 Å². The van der Waals surface area contributed by atoms with Gasteiger partial charge in [0.05, 0.1) is 13.2 Å². The zero-order valence-electron chi connectivity index (χ0n) is 11.3. The van der Waals surface area contributed by atoms with Gasteiger partial charge in [0.25, 0.3) is 0 Å². The van der Waals surface area contributed by atoms with Crippen molar-refractivity contribution in [1.29, 1.82) is 0 Å². The molecule has 0 aliphatic carbocycles. The fourth-order valence-electron chi connectivity index (χ4n) is 2.03. The Balaban J connectivity index is 2.37. The van der Waals surface area contributed by atoms with Crippen LogP contribution in [0.3, 0.4) is 0 Å². The molecule has 0 amide bonds. The van der Waals surface area contributed by atoms with Crippen molar-refractivity contribution in [2.24, 2.45) is 0 Å². The number of carbonyl (C=O) groups is 1. The number of carboxylic acid groups (broad SMARTS) is 1. The van der Waals surface area contributed by atoms with Crippen LogP contribution in [0.15, 0.2) is 24.3 Å². The number of aromatic nitrogens is 2. The highest BCUT2D eigenvalue weighted by Gasteiger charge is 2.22. The Kier molecular flexibility index (Phi) is 4.42. The van der Waals surface area contributed by atoms with E-state index >= 15 is 0 Å². The summed E-state index contributed by atoms with van der Waals surface area (Å²) < 4.78 is 6.44. The molecule has 0 saturated carbocycles. The smallest absolute Gasteiger partial charge is 0.340 e. The van der Waals surface area contributed by atoms with Crippen LogP contribution in [0.2, 0.25) is 5.15 Å². The van der Waals surface area contributed by atoms with Gasteiger partial charge in [0.15, 0.2) is 0 Å². The van der Waals surface area contributed by atoms with Crippen LogP contribution in [0, 0.1) is 6.92 Å². The molecule has 6 heteroatoms. The molecular formula is C14H15ClN2O3. The third kappa shape index (κ3) is 3.00. The molecule has 0 spiro atoms. The summed E-state index contributed by atoms with van der Waals surface area (Å²) in [6.45, 7) is 2.53. The second-order valence-corrected chi connectivity index (χ2v) is 4.86. The molecular weight excluding hydrogens is 280 g/mol. The lowest BCUT2D eigenvalue weighted by atomic mass is 10.1. The fourth-order valence-corrected chi connectivity index (χ4v) is 2.31. The van der Waals surface area contributed by atoms with Crippen LogP contribution in [0.5, 0.6) is 0 Å². The lowest BCUT2D eigenvalue weighted by Crippen LogP contribution is -2.03. The molecule has 0 saturated heterocycles. The van der Waals surface area contributed by atoms with Crippen molar-refractivity contribution in [2.75, 3.05) is 7.11 Å². The second kappa shape index (κ2) is 6.07. The molecule has 0 radical (unpaired) electrons. The summed E-state index contributed by atoms with van der Waals surface area (Å²) in [7, 11) is 1.49. The molecule has 20 heavy (non-hydrogen) atoms. The topological polar surface area (TPSA) is 64.4 Å². The van der Waals surface area contributed by atoms with Crippen molar-refractivity contribution in [3.8, 4) is 0 Å². The van der Waals surface area contributed by atoms with Crippen molar-refractivity contribution in [2.45, 2.75) is 20.1 Å². The van der Waals surface area contributed by atoms with E-state index in [0.29, 0.717) is 12.2 Å². The molecule has 0 atom stereocenters. The lowest BCUT2D eigenvalue weighted by Gasteiger charge is -2.04. The van der Waals surface area contributed by atoms with Gasteiger partial charge in [0.2, 0.25) is 0 Å². The van der Waals surface area contributed by atoms with Gasteiger partial charge in [-0.05, 0) is 12.5 Å². The summed E-state index contributed by atoms with van der Waals surface area (Å²) in [6.07, 6.45) is 0. The lowest BCUT2D eigenvalue weighted by molar-refractivity contribution is 0.0692. The maximum atomic E-state index is 11.2. The van der Waals surface area contributed by atoms with Crippen molar-refractivity contribution in [1.82, 2.24) is 9.78 Å². The Morgan fingerprint density at radius 1 is 1.50 bits per heavy atom. The summed E-state index contributed by atoms with van der Waals surface area (Å²) in [5.41, 5.74) is 2.47. The minimum absolute atomic E-state index is 0.00108. The summed E-state index contributed by atoms with van der Waals surface area (Å²) >= 11 is 6.11. The van der Waals surface area contributed by atoms with E-state index < -0.39 is 5.97 Å². The number of aryl methyl sites for hydroxylation is 1. The Labute approximate surface area is 121 Å². The average Bonchev–Trinajstić information content (AvgIpc) is 2.66. The van der Waals surface area contributed by atoms with E-state index in [4.69, 9.17) is 16.3 Å². The third-order valence-corrected chi connectivity index (χ3v) is 3.26. The molecule has 2 aromatic rings. The number of methoxy groups -OCH3 is 1. The standard InChI is InChI=1S/C14H15ClN2O3/c1-9-4-3-5-10(6-9)7-17-13(15)12(14(18)19)11(16-17)8-20-2/h3-6H,7-8H2,1-2H3,(H,18,19). The van der Waals surface area contributed by atoms with Crippen molar-refractivity contribution < 1.29 is 14.6 Å². The van der Waals surface area contributed by atoms with E-state index in [-0.39, 0.29) is 17.3 Å². The number of benzene rings is 1. The van der Waals surface area contributed by atoms with Gasteiger partial charge in [-0.2, -0.15) is 5.10 Å². The Morgan fingerprint density at radius 3 is 2.85 bits per heavy atom. The van der Waals surface area contributed by atoms with Crippen LogP contribution in [0.1, 0.15) is 27.2 Å². The maximum absolute atomic E-state index is 11.2. The molecule has 1 aromatic heterocycles. The normalized spacial score (nSPS) is 10.8. The van der Waals surface area contributed by atoms with E-state index in [9.17, 15) is 9.90 Å². The molecule has 0 fully saturated rings. The van der Waals surface area contributed by atoms with E-state index in [0.717, 1.165) is 11.1 Å². The first-order valence-corrected chi connectivity index (χ1v) is 6.43. The van der Waals surface area contributed by atoms with Crippen LogP contribution in [-0.4, -0.2) is 28.0 Å². The number of halogens is 1. The summed E-state index contributed by atoms with van der Waals surface area (Å²) in [5, 5.41) is 13.5. The number of ether oxygens (including phenoxy) is 1. The summed E-state index contributed by atoms with van der Waals surface area (Å²) in [5.74, 6) is -1.10. The zero-order chi connectivity index (χ0) is 14.7. The summed E-state index contributed by atoms with van der Waals surface area (Å²) in [6, 6.07) is 7.89. The van der Waals surface area contributed by atoms with Crippen molar-refractivity contribution >= 4 is 17.6 Å². The molecule has 2 rings (SSSR count). The SMILES string of the molecule is COCc1nn(Cc2cccc(C)c2)c(Cl)c1C(=O)O. The molecule has 0 aliphatic heterocycles. The Bertz CT molecular complexity index is 637. The minimum atomic E-state index is -1.10. The number of hydrogen-bond acceptors (Lipinski definition) is 3. The average molecular weight is 295 g/mol. The van der Waals surface area contributed by atoms with Crippen molar-refractivity contribution in [3.63, 3.8) is 0 Å². The fraction of sp³-hybridized carbons (Fsp3) is 0.286. The number of rotatable bonds is 5. The first-order chi connectivity index (χ1) is 9.52. The van der Waals surface area contributed by atoms with Crippen LogP contribution in [0.4, 0.5) is 0 Å². The number of hydrogen-bond donors (Lipinski definition) is 1. The Morgan fingerprint density at radius 2 is 2.25 bits per heavy atom. The van der Waals surface area contributed by atoms with E-state index in [1.54, 1.807) is 0 Å². The highest BCUT2D eigenvalue weighted by molar-refractivity contribution is 6.32. The van der Waals surface area contributed by atoms with Gasteiger partial charge < -0.3 is 9.84 Å². The van der Waals surface area contributed by atoms with Gasteiger partial charge in [-0.3, -0.25) is 0 Å². The van der Waals surface area contributed by atoms with Crippen LogP contribution in [-0.2, 0) is 17.9 Å². The highest BCUT2D eigenvalue weighted by atomic mass is 35.5. The predicted octanol–water partition coefficient (Wildman–Crippen LogP) is 2.74. The molecule has 0 bridgehead atoms. The van der Waals surface area contributed by atoms with E-state index in [1.165, 1.54) is 11.8 Å².